The van der Waals surface area contributed by atoms with Crippen LogP contribution in [0.15, 0.2) is 89.3 Å². The summed E-state index contributed by atoms with van der Waals surface area (Å²) in [6.45, 7) is 1.47. The zero-order chi connectivity index (χ0) is 19.2. The lowest BCUT2D eigenvalue weighted by Crippen LogP contribution is -2.31. The first-order valence-corrected chi connectivity index (χ1v) is 9.64. The number of aliphatic hydroxyl groups is 1. The Morgan fingerprint density at radius 3 is 2.04 bits per heavy atom. The van der Waals surface area contributed by atoms with Crippen molar-refractivity contribution in [1.29, 1.82) is 0 Å². The molecule has 1 N–H and O–H groups in total. The maximum absolute atomic E-state index is 9.45. The van der Waals surface area contributed by atoms with Crippen LogP contribution in [0.1, 0.15) is 29.5 Å². The monoisotopic (exact) mass is 372 g/mol. The largest absolute Gasteiger partial charge is 0.439 e. The number of nitrogens with zero attached hydrogens (tertiary/aromatic N) is 2. The average Bonchev–Trinajstić information content (AvgIpc) is 3.16. The van der Waals surface area contributed by atoms with E-state index in [0.29, 0.717) is 18.9 Å². The van der Waals surface area contributed by atoms with Gasteiger partial charge in [-0.05, 0) is 29.7 Å². The van der Waals surface area contributed by atoms with E-state index in [1.165, 1.54) is 11.1 Å². The summed E-state index contributed by atoms with van der Waals surface area (Å²) in [6.07, 6.45) is 0.691. The van der Waals surface area contributed by atoms with Gasteiger partial charge in [-0.2, -0.15) is 0 Å². The molecule has 0 fully saturated rings. The van der Waals surface area contributed by atoms with E-state index in [1.54, 1.807) is 0 Å². The van der Waals surface area contributed by atoms with Crippen molar-refractivity contribution in [1.82, 2.24) is 9.88 Å². The van der Waals surface area contributed by atoms with Crippen LogP contribution in [-0.4, -0.2) is 28.1 Å². The van der Waals surface area contributed by atoms with Crippen LogP contribution in [0.5, 0.6) is 0 Å². The molecule has 0 spiro atoms. The number of hydrogen-bond acceptors (Lipinski definition) is 4. The maximum Gasteiger partial charge on any atom is 0.209 e. The van der Waals surface area contributed by atoms with Crippen LogP contribution in [0, 0.1) is 0 Å². The van der Waals surface area contributed by atoms with E-state index < -0.39 is 0 Å². The molecule has 1 heterocycles. The highest BCUT2D eigenvalue weighted by Gasteiger charge is 2.24. The fraction of sp³-hybridized carbons (Fsp3) is 0.208. The second-order valence-electron chi connectivity index (χ2n) is 6.85. The molecule has 4 nitrogen and oxygen atoms in total. The summed E-state index contributed by atoms with van der Waals surface area (Å²) in [7, 11) is 0. The molecule has 0 atom stereocenters. The lowest BCUT2D eigenvalue weighted by Gasteiger charge is -2.31. The van der Waals surface area contributed by atoms with E-state index in [4.69, 9.17) is 4.42 Å². The molecular weight excluding hydrogens is 348 g/mol. The number of para-hydroxylation sites is 2. The maximum atomic E-state index is 9.45. The molecule has 28 heavy (non-hydrogen) atoms. The smallest absolute Gasteiger partial charge is 0.209 e. The molecule has 0 unspecified atom stereocenters. The Hall–Kier alpha value is -2.95. The van der Waals surface area contributed by atoms with E-state index in [-0.39, 0.29) is 12.6 Å². The first-order chi connectivity index (χ1) is 13.8. The van der Waals surface area contributed by atoms with Crippen LogP contribution in [0.25, 0.3) is 11.1 Å². The van der Waals surface area contributed by atoms with Gasteiger partial charge in [0, 0.05) is 13.2 Å². The van der Waals surface area contributed by atoms with Gasteiger partial charge in [-0.1, -0.05) is 72.8 Å². The molecule has 0 radical (unpaired) electrons. The molecule has 1 aromatic heterocycles. The van der Waals surface area contributed by atoms with Crippen molar-refractivity contribution in [3.05, 3.63) is 102 Å². The Morgan fingerprint density at radius 2 is 1.43 bits per heavy atom. The third kappa shape index (κ3) is 4.14. The van der Waals surface area contributed by atoms with Gasteiger partial charge in [0.15, 0.2) is 5.58 Å². The lowest BCUT2D eigenvalue weighted by molar-refractivity contribution is 0.174. The number of fused-ring (bicyclic) bond motifs is 1. The minimum absolute atomic E-state index is 0.0592. The predicted octanol–water partition coefficient (Wildman–Crippen LogP) is 4.80. The topological polar surface area (TPSA) is 49.5 Å². The van der Waals surface area contributed by atoms with Crippen molar-refractivity contribution in [2.45, 2.75) is 19.0 Å². The minimum atomic E-state index is 0.0592. The van der Waals surface area contributed by atoms with Crippen LogP contribution in [0.4, 0.5) is 0 Å². The van der Waals surface area contributed by atoms with Gasteiger partial charge in [-0.15, -0.1) is 0 Å². The predicted molar refractivity (Wildman–Crippen MR) is 111 cm³/mol. The van der Waals surface area contributed by atoms with Crippen LogP contribution < -0.4 is 0 Å². The molecule has 0 saturated carbocycles. The highest BCUT2D eigenvalue weighted by molar-refractivity contribution is 5.72. The lowest BCUT2D eigenvalue weighted by atomic mass is 9.96. The molecule has 4 aromatic rings. The Morgan fingerprint density at radius 1 is 0.821 bits per heavy atom. The molecule has 4 heteroatoms. The highest BCUT2D eigenvalue weighted by Crippen LogP contribution is 2.30. The Kier molecular flexibility index (Phi) is 5.80. The fourth-order valence-corrected chi connectivity index (χ4v) is 3.62. The van der Waals surface area contributed by atoms with E-state index >= 15 is 0 Å². The van der Waals surface area contributed by atoms with Gasteiger partial charge in [0.2, 0.25) is 5.89 Å². The van der Waals surface area contributed by atoms with Crippen LogP contribution in [0.3, 0.4) is 0 Å². The van der Waals surface area contributed by atoms with E-state index in [9.17, 15) is 5.11 Å². The van der Waals surface area contributed by atoms with E-state index in [0.717, 1.165) is 17.6 Å². The molecule has 0 aliphatic rings. The highest BCUT2D eigenvalue weighted by atomic mass is 16.3. The second kappa shape index (κ2) is 8.83. The van der Waals surface area contributed by atoms with Gasteiger partial charge in [0.25, 0.3) is 0 Å². The number of rotatable bonds is 8. The summed E-state index contributed by atoms with van der Waals surface area (Å²) in [5.74, 6) is 0.691. The Balaban J connectivity index is 1.71. The normalized spacial score (nSPS) is 11.5. The molecule has 4 rings (SSSR count). The van der Waals surface area contributed by atoms with Crippen molar-refractivity contribution in [2.24, 2.45) is 0 Å². The van der Waals surface area contributed by atoms with Crippen LogP contribution in [0.2, 0.25) is 0 Å². The summed E-state index contributed by atoms with van der Waals surface area (Å²) < 4.78 is 5.99. The molecule has 142 valence electrons. The van der Waals surface area contributed by atoms with Gasteiger partial charge in [0.05, 0.1) is 12.6 Å². The van der Waals surface area contributed by atoms with Gasteiger partial charge in [-0.3, -0.25) is 4.90 Å². The molecule has 0 saturated heterocycles. The third-order valence-corrected chi connectivity index (χ3v) is 4.88. The average molecular weight is 372 g/mol. The Labute approximate surface area is 165 Å². The Bertz CT molecular complexity index is 926. The summed E-state index contributed by atoms with van der Waals surface area (Å²) >= 11 is 0. The fourth-order valence-electron chi connectivity index (χ4n) is 3.62. The third-order valence-electron chi connectivity index (χ3n) is 4.88. The summed E-state index contributed by atoms with van der Waals surface area (Å²) in [4.78, 5) is 6.98. The molecule has 0 bridgehead atoms. The first kappa shape index (κ1) is 18.4. The van der Waals surface area contributed by atoms with Gasteiger partial charge in [-0.25, -0.2) is 4.98 Å². The van der Waals surface area contributed by atoms with Gasteiger partial charge in [0.1, 0.15) is 5.52 Å². The van der Waals surface area contributed by atoms with E-state index in [1.807, 2.05) is 36.4 Å². The number of benzene rings is 3. The van der Waals surface area contributed by atoms with Crippen LogP contribution >= 0.6 is 0 Å². The number of oxazole rings is 1. The van der Waals surface area contributed by atoms with Gasteiger partial charge < -0.3 is 9.52 Å². The summed E-state index contributed by atoms with van der Waals surface area (Å²) in [6, 6.07) is 28.8. The SMILES string of the molecule is OCCCN(Cc1nc2ccccc2o1)C(c1ccccc1)c1ccccc1. The van der Waals surface area contributed by atoms with Crippen molar-refractivity contribution in [3.63, 3.8) is 0 Å². The summed E-state index contributed by atoms with van der Waals surface area (Å²) in [5, 5.41) is 9.45. The molecule has 0 aliphatic heterocycles. The number of aliphatic hydroxyl groups excluding tert-OH is 1. The zero-order valence-electron chi connectivity index (χ0n) is 15.7. The molecule has 0 amide bonds. The summed E-state index contributed by atoms with van der Waals surface area (Å²) in [5.41, 5.74) is 4.09. The standard InChI is InChI=1S/C24H24N2O2/c27-17-9-16-26(18-23-25-21-14-7-8-15-22(21)28-23)24(19-10-3-1-4-11-19)20-12-5-2-6-13-20/h1-8,10-15,24,27H,9,16-18H2. The van der Waals surface area contributed by atoms with Crippen molar-refractivity contribution in [2.75, 3.05) is 13.2 Å². The van der Waals surface area contributed by atoms with E-state index in [2.05, 4.69) is 58.4 Å². The zero-order valence-corrected chi connectivity index (χ0v) is 15.7. The second-order valence-corrected chi connectivity index (χ2v) is 6.85. The van der Waals surface area contributed by atoms with Crippen molar-refractivity contribution >= 4 is 11.1 Å². The van der Waals surface area contributed by atoms with Crippen molar-refractivity contribution in [3.8, 4) is 0 Å². The van der Waals surface area contributed by atoms with Crippen molar-refractivity contribution < 1.29 is 9.52 Å². The number of hydrogen-bond donors (Lipinski definition) is 1. The molecular formula is C24H24N2O2. The quantitative estimate of drug-likeness (QED) is 0.483. The molecule has 0 aliphatic carbocycles. The number of aromatic nitrogens is 1. The minimum Gasteiger partial charge on any atom is -0.439 e. The van der Waals surface area contributed by atoms with Gasteiger partial charge >= 0.3 is 0 Å². The molecule has 3 aromatic carbocycles. The van der Waals surface area contributed by atoms with Crippen LogP contribution in [-0.2, 0) is 6.54 Å². The first-order valence-electron chi connectivity index (χ1n) is 9.64.